The number of carboxylic acid groups (broad SMARTS) is 1. The van der Waals surface area contributed by atoms with Gasteiger partial charge in [0.05, 0.1) is 28.2 Å². The molecule has 39 heavy (non-hydrogen) atoms. The van der Waals surface area contributed by atoms with Crippen LogP contribution in [-0.2, 0) is 16.6 Å². The Morgan fingerprint density at radius 2 is 1.77 bits per heavy atom. The zero-order valence-electron chi connectivity index (χ0n) is 22.4. The van der Waals surface area contributed by atoms with E-state index in [9.17, 15) is 22.7 Å². The standard InChI is InChI=1S/C29H33FN4O4S/c1-4-5-6-7-8-9-17-34-20(3)28(19(2)32-34)39(37,38)33-26-15-13-22(27-23(26)11-10-16-31-27)24-18-21(29(35)36)12-14-25(24)30/h10-16,18,33H,4-9,17H2,1-3H3,(H,35,36). The number of nitrogens with one attached hydrogen (secondary N) is 1. The van der Waals surface area contributed by atoms with Crippen LogP contribution < -0.4 is 4.72 Å². The molecule has 0 aliphatic carbocycles. The lowest BCUT2D eigenvalue weighted by Gasteiger charge is -2.14. The van der Waals surface area contributed by atoms with E-state index in [1.807, 2.05) is 0 Å². The number of anilines is 1. The summed E-state index contributed by atoms with van der Waals surface area (Å²) in [6.45, 7) is 6.27. The molecule has 2 heterocycles. The molecular formula is C29H33FN4O4S. The molecule has 0 unspecified atom stereocenters. The molecule has 10 heteroatoms. The van der Waals surface area contributed by atoms with Gasteiger partial charge in [0.2, 0.25) is 0 Å². The van der Waals surface area contributed by atoms with Gasteiger partial charge in [0.15, 0.2) is 0 Å². The van der Waals surface area contributed by atoms with E-state index in [4.69, 9.17) is 0 Å². The molecule has 0 saturated heterocycles. The molecule has 2 aromatic heterocycles. The Kier molecular flexibility index (Phi) is 8.64. The molecule has 0 saturated carbocycles. The van der Waals surface area contributed by atoms with Gasteiger partial charge in [-0.3, -0.25) is 14.4 Å². The summed E-state index contributed by atoms with van der Waals surface area (Å²) >= 11 is 0. The molecule has 0 spiro atoms. The molecule has 0 fully saturated rings. The second kappa shape index (κ2) is 11.9. The highest BCUT2D eigenvalue weighted by Gasteiger charge is 2.26. The first-order valence-corrected chi connectivity index (χ1v) is 14.6. The summed E-state index contributed by atoms with van der Waals surface area (Å²) in [6.07, 6.45) is 8.29. The first kappa shape index (κ1) is 28.2. The van der Waals surface area contributed by atoms with E-state index in [0.717, 1.165) is 25.3 Å². The monoisotopic (exact) mass is 552 g/mol. The van der Waals surface area contributed by atoms with Gasteiger partial charge in [0.1, 0.15) is 10.7 Å². The van der Waals surface area contributed by atoms with Crippen LogP contribution in [0.1, 0.15) is 67.2 Å². The SMILES string of the molecule is CCCCCCCCn1nc(C)c(S(=O)(=O)Nc2ccc(-c3cc(C(=O)O)ccc3F)c3ncccc23)c1C. The molecule has 0 aliphatic rings. The zero-order chi connectivity index (χ0) is 28.2. The van der Waals surface area contributed by atoms with Gasteiger partial charge in [-0.15, -0.1) is 0 Å². The van der Waals surface area contributed by atoms with Crippen LogP contribution in [0, 0.1) is 19.7 Å². The van der Waals surface area contributed by atoms with Crippen LogP contribution in [0.4, 0.5) is 10.1 Å². The highest BCUT2D eigenvalue weighted by Crippen LogP contribution is 2.35. The van der Waals surface area contributed by atoms with E-state index in [-0.39, 0.29) is 21.7 Å². The number of unbranched alkanes of at least 4 members (excludes halogenated alkanes) is 5. The number of hydrogen-bond acceptors (Lipinski definition) is 5. The van der Waals surface area contributed by atoms with Crippen LogP contribution in [0.15, 0.2) is 53.6 Å². The van der Waals surface area contributed by atoms with E-state index in [0.29, 0.717) is 34.4 Å². The van der Waals surface area contributed by atoms with E-state index < -0.39 is 21.8 Å². The third-order valence-electron chi connectivity index (χ3n) is 6.82. The number of rotatable bonds is 12. The molecular weight excluding hydrogens is 519 g/mol. The quantitative estimate of drug-likeness (QED) is 0.189. The van der Waals surface area contributed by atoms with E-state index in [1.54, 1.807) is 36.7 Å². The van der Waals surface area contributed by atoms with Crippen molar-refractivity contribution in [3.63, 3.8) is 0 Å². The molecule has 4 rings (SSSR count). The van der Waals surface area contributed by atoms with Gasteiger partial charge < -0.3 is 5.11 Å². The molecule has 4 aromatic rings. The smallest absolute Gasteiger partial charge is 0.335 e. The average Bonchev–Trinajstić information content (AvgIpc) is 3.19. The molecule has 2 aromatic carbocycles. The van der Waals surface area contributed by atoms with Crippen molar-refractivity contribution in [1.29, 1.82) is 0 Å². The molecule has 0 amide bonds. The van der Waals surface area contributed by atoms with Crippen LogP contribution in [0.3, 0.4) is 0 Å². The van der Waals surface area contributed by atoms with Crippen molar-refractivity contribution in [3.8, 4) is 11.1 Å². The number of carboxylic acids is 1. The summed E-state index contributed by atoms with van der Waals surface area (Å²) in [6, 6.07) is 9.95. The van der Waals surface area contributed by atoms with Gasteiger partial charge in [-0.25, -0.2) is 17.6 Å². The van der Waals surface area contributed by atoms with Gasteiger partial charge in [0, 0.05) is 29.3 Å². The summed E-state index contributed by atoms with van der Waals surface area (Å²) in [5, 5.41) is 14.3. The van der Waals surface area contributed by atoms with Gasteiger partial charge in [-0.05, 0) is 62.7 Å². The van der Waals surface area contributed by atoms with Gasteiger partial charge in [-0.2, -0.15) is 5.10 Å². The first-order valence-electron chi connectivity index (χ1n) is 13.1. The number of halogens is 1. The van der Waals surface area contributed by atoms with Crippen molar-refractivity contribution in [2.24, 2.45) is 0 Å². The fourth-order valence-corrected chi connectivity index (χ4v) is 6.36. The molecule has 8 nitrogen and oxygen atoms in total. The second-order valence-electron chi connectivity index (χ2n) is 9.66. The number of hydrogen-bond donors (Lipinski definition) is 2. The highest BCUT2D eigenvalue weighted by molar-refractivity contribution is 7.92. The van der Waals surface area contributed by atoms with Crippen molar-refractivity contribution in [1.82, 2.24) is 14.8 Å². The Labute approximate surface area is 228 Å². The molecule has 206 valence electrons. The lowest BCUT2D eigenvalue weighted by molar-refractivity contribution is 0.0697. The summed E-state index contributed by atoms with van der Waals surface area (Å²) < 4.78 is 46.3. The normalized spacial score (nSPS) is 11.7. The summed E-state index contributed by atoms with van der Waals surface area (Å²) in [4.78, 5) is 16.0. The van der Waals surface area contributed by atoms with Crippen molar-refractivity contribution in [2.75, 3.05) is 4.72 Å². The van der Waals surface area contributed by atoms with Crippen molar-refractivity contribution in [2.45, 2.75) is 70.7 Å². The lowest BCUT2D eigenvalue weighted by Crippen LogP contribution is -2.15. The van der Waals surface area contributed by atoms with Crippen LogP contribution in [0.2, 0.25) is 0 Å². The average molecular weight is 553 g/mol. The number of aromatic carboxylic acids is 1. The highest BCUT2D eigenvalue weighted by atomic mass is 32.2. The number of aromatic nitrogens is 3. The van der Waals surface area contributed by atoms with Crippen molar-refractivity contribution >= 4 is 32.6 Å². The lowest BCUT2D eigenvalue weighted by atomic mass is 9.98. The van der Waals surface area contributed by atoms with Crippen LogP contribution in [0.5, 0.6) is 0 Å². The molecule has 2 N–H and O–H groups in total. The number of carbonyl (C=O) groups is 1. The van der Waals surface area contributed by atoms with E-state index >= 15 is 0 Å². The Balaban J connectivity index is 1.65. The van der Waals surface area contributed by atoms with Crippen LogP contribution >= 0.6 is 0 Å². The van der Waals surface area contributed by atoms with Crippen molar-refractivity contribution in [3.05, 3.63) is 71.4 Å². The number of aryl methyl sites for hydroxylation is 2. The summed E-state index contributed by atoms with van der Waals surface area (Å²) in [7, 11) is -4.00. The fraction of sp³-hybridized carbons (Fsp3) is 0.345. The fourth-order valence-electron chi connectivity index (χ4n) is 4.87. The molecule has 0 bridgehead atoms. The predicted molar refractivity (Wildman–Crippen MR) is 150 cm³/mol. The first-order chi connectivity index (χ1) is 18.6. The minimum Gasteiger partial charge on any atom is -0.478 e. The Morgan fingerprint density at radius 3 is 2.51 bits per heavy atom. The third kappa shape index (κ3) is 6.11. The zero-order valence-corrected chi connectivity index (χ0v) is 23.2. The van der Waals surface area contributed by atoms with Crippen molar-refractivity contribution < 1.29 is 22.7 Å². The Bertz CT molecular complexity index is 1620. The maximum atomic E-state index is 14.8. The maximum Gasteiger partial charge on any atom is 0.335 e. The Hall–Kier alpha value is -3.79. The van der Waals surface area contributed by atoms with E-state index in [2.05, 4.69) is 21.7 Å². The van der Waals surface area contributed by atoms with Gasteiger partial charge in [-0.1, -0.05) is 39.0 Å². The van der Waals surface area contributed by atoms with Gasteiger partial charge in [0.25, 0.3) is 10.0 Å². The Morgan fingerprint density at radius 1 is 1.03 bits per heavy atom. The minimum atomic E-state index is -4.00. The number of benzene rings is 2. The number of pyridine rings is 1. The van der Waals surface area contributed by atoms with Crippen LogP contribution in [0.25, 0.3) is 22.0 Å². The maximum absolute atomic E-state index is 14.8. The van der Waals surface area contributed by atoms with Crippen LogP contribution in [-0.4, -0.2) is 34.3 Å². The number of nitrogens with zero attached hydrogens (tertiary/aromatic N) is 3. The number of fused-ring (bicyclic) bond motifs is 1. The largest absolute Gasteiger partial charge is 0.478 e. The third-order valence-corrected chi connectivity index (χ3v) is 8.44. The van der Waals surface area contributed by atoms with E-state index in [1.165, 1.54) is 43.7 Å². The molecule has 0 aliphatic heterocycles. The van der Waals surface area contributed by atoms with Gasteiger partial charge >= 0.3 is 5.97 Å². The minimum absolute atomic E-state index is 0.0654. The topological polar surface area (TPSA) is 114 Å². The summed E-state index contributed by atoms with van der Waals surface area (Å²) in [5.41, 5.74) is 1.95. The summed E-state index contributed by atoms with van der Waals surface area (Å²) in [5.74, 6) is -1.79. The second-order valence-corrected chi connectivity index (χ2v) is 11.3. The number of sulfonamides is 1. The predicted octanol–water partition coefficient (Wildman–Crippen LogP) is 6.71. The molecule has 0 atom stereocenters. The molecule has 0 radical (unpaired) electrons.